The van der Waals surface area contributed by atoms with Crippen molar-refractivity contribution in [2.45, 2.75) is 6.92 Å². The van der Waals surface area contributed by atoms with Gasteiger partial charge in [0.15, 0.2) is 0 Å². The standard InChI is InChI=1S/C8H9ClO2S/c1-6-5-7(11-12(2)10)3-4-8(6)9/h3-5H,1-2H3. The van der Waals surface area contributed by atoms with Crippen LogP contribution in [-0.2, 0) is 11.1 Å². The maximum absolute atomic E-state index is 10.7. The maximum Gasteiger partial charge on any atom is 0.203 e. The van der Waals surface area contributed by atoms with Gasteiger partial charge < -0.3 is 4.18 Å². The number of hydrogen-bond acceptors (Lipinski definition) is 2. The third kappa shape index (κ3) is 2.50. The highest BCUT2D eigenvalue weighted by Gasteiger charge is 1.99. The lowest BCUT2D eigenvalue weighted by Crippen LogP contribution is -1.96. The average Bonchev–Trinajstić information content (AvgIpc) is 1.96. The van der Waals surface area contributed by atoms with E-state index in [4.69, 9.17) is 15.8 Å². The highest BCUT2D eigenvalue weighted by molar-refractivity contribution is 7.79. The van der Waals surface area contributed by atoms with E-state index in [1.807, 2.05) is 6.92 Å². The monoisotopic (exact) mass is 204 g/mol. The van der Waals surface area contributed by atoms with Gasteiger partial charge in [-0.2, -0.15) is 0 Å². The lowest BCUT2D eigenvalue weighted by atomic mass is 10.2. The number of rotatable bonds is 2. The second-order valence-corrected chi connectivity index (χ2v) is 3.77. The van der Waals surface area contributed by atoms with Gasteiger partial charge in [0.25, 0.3) is 0 Å². The molecule has 0 radical (unpaired) electrons. The first-order chi connectivity index (χ1) is 5.59. The molecule has 0 heterocycles. The molecule has 0 amide bonds. The third-order valence-electron chi connectivity index (χ3n) is 1.34. The predicted octanol–water partition coefficient (Wildman–Crippen LogP) is 2.32. The minimum Gasteiger partial charge on any atom is -0.401 e. The van der Waals surface area contributed by atoms with E-state index < -0.39 is 11.1 Å². The van der Waals surface area contributed by atoms with E-state index in [-0.39, 0.29) is 0 Å². The Balaban J connectivity index is 2.89. The van der Waals surface area contributed by atoms with Gasteiger partial charge in [-0.3, -0.25) is 0 Å². The third-order valence-corrected chi connectivity index (χ3v) is 2.19. The molecule has 0 aliphatic heterocycles. The van der Waals surface area contributed by atoms with Gasteiger partial charge in [0.1, 0.15) is 5.75 Å². The summed E-state index contributed by atoms with van der Waals surface area (Å²) in [5.41, 5.74) is 0.916. The lowest BCUT2D eigenvalue weighted by molar-refractivity contribution is 0.567. The number of aryl methyl sites for hydroxylation is 1. The molecule has 0 spiro atoms. The van der Waals surface area contributed by atoms with Crippen molar-refractivity contribution in [3.63, 3.8) is 0 Å². The number of benzene rings is 1. The molecule has 1 rings (SSSR count). The largest absolute Gasteiger partial charge is 0.401 e. The maximum atomic E-state index is 10.7. The minimum atomic E-state index is -1.27. The van der Waals surface area contributed by atoms with E-state index in [0.717, 1.165) is 5.56 Å². The Morgan fingerprint density at radius 1 is 1.50 bits per heavy atom. The molecule has 0 fully saturated rings. The highest BCUT2D eigenvalue weighted by Crippen LogP contribution is 2.21. The molecule has 0 aromatic heterocycles. The molecule has 1 atom stereocenters. The SMILES string of the molecule is Cc1cc(OS(C)=O)ccc1Cl. The minimum absolute atomic E-state index is 0.581. The second-order valence-electron chi connectivity index (χ2n) is 2.40. The predicted molar refractivity (Wildman–Crippen MR) is 50.9 cm³/mol. The van der Waals surface area contributed by atoms with Crippen molar-refractivity contribution < 1.29 is 8.39 Å². The van der Waals surface area contributed by atoms with Crippen molar-refractivity contribution in [3.05, 3.63) is 28.8 Å². The summed E-state index contributed by atoms with van der Waals surface area (Å²) in [6, 6.07) is 5.17. The van der Waals surface area contributed by atoms with Gasteiger partial charge in [0.05, 0.1) is 0 Å². The van der Waals surface area contributed by atoms with Crippen molar-refractivity contribution in [1.82, 2.24) is 0 Å². The molecule has 1 unspecified atom stereocenters. The Morgan fingerprint density at radius 3 is 2.67 bits per heavy atom. The van der Waals surface area contributed by atoms with Crippen LogP contribution in [0.15, 0.2) is 18.2 Å². The van der Waals surface area contributed by atoms with Gasteiger partial charge >= 0.3 is 0 Å². The molecular formula is C8H9ClO2S. The summed E-state index contributed by atoms with van der Waals surface area (Å²) in [6.45, 7) is 1.87. The fourth-order valence-corrected chi connectivity index (χ4v) is 1.30. The van der Waals surface area contributed by atoms with Gasteiger partial charge in [0.2, 0.25) is 11.1 Å². The zero-order valence-electron chi connectivity index (χ0n) is 6.83. The molecule has 0 saturated carbocycles. The first-order valence-electron chi connectivity index (χ1n) is 3.37. The molecule has 0 aliphatic carbocycles. The molecule has 0 aliphatic rings. The van der Waals surface area contributed by atoms with E-state index in [1.54, 1.807) is 18.2 Å². The second kappa shape index (κ2) is 3.92. The smallest absolute Gasteiger partial charge is 0.203 e. The molecule has 2 nitrogen and oxygen atoms in total. The summed E-state index contributed by atoms with van der Waals surface area (Å²) < 4.78 is 15.6. The number of halogens is 1. The van der Waals surface area contributed by atoms with Crippen LogP contribution in [0.5, 0.6) is 5.75 Å². The lowest BCUT2D eigenvalue weighted by Gasteiger charge is -2.02. The Bertz CT molecular complexity index is 312. The molecule has 1 aromatic rings. The van der Waals surface area contributed by atoms with Gasteiger partial charge in [-0.25, -0.2) is 4.21 Å². The van der Waals surface area contributed by atoms with Crippen LogP contribution in [0, 0.1) is 6.92 Å². The van der Waals surface area contributed by atoms with Gasteiger partial charge in [-0.05, 0) is 30.7 Å². The zero-order chi connectivity index (χ0) is 9.14. The van der Waals surface area contributed by atoms with E-state index in [1.165, 1.54) is 6.26 Å². The molecule has 0 saturated heterocycles. The Labute approximate surface area is 79.2 Å². The van der Waals surface area contributed by atoms with Crippen LogP contribution < -0.4 is 4.18 Å². The van der Waals surface area contributed by atoms with Crippen molar-refractivity contribution in [2.24, 2.45) is 0 Å². The molecular weight excluding hydrogens is 196 g/mol. The van der Waals surface area contributed by atoms with Crippen molar-refractivity contribution >= 4 is 22.7 Å². The molecule has 12 heavy (non-hydrogen) atoms. The van der Waals surface area contributed by atoms with Crippen LogP contribution in [-0.4, -0.2) is 10.5 Å². The quantitative estimate of drug-likeness (QED) is 0.739. The van der Waals surface area contributed by atoms with Gasteiger partial charge in [-0.1, -0.05) is 11.6 Å². The number of hydrogen-bond donors (Lipinski definition) is 0. The summed E-state index contributed by atoms with van der Waals surface area (Å²) in [7, 11) is 0. The highest BCUT2D eigenvalue weighted by atomic mass is 35.5. The molecule has 66 valence electrons. The molecule has 0 N–H and O–H groups in total. The summed E-state index contributed by atoms with van der Waals surface area (Å²) in [5, 5.41) is 0.684. The van der Waals surface area contributed by atoms with E-state index in [0.29, 0.717) is 10.8 Å². The van der Waals surface area contributed by atoms with Crippen LogP contribution >= 0.6 is 11.6 Å². The van der Waals surface area contributed by atoms with Crippen LogP contribution in [0.4, 0.5) is 0 Å². The topological polar surface area (TPSA) is 26.3 Å². The van der Waals surface area contributed by atoms with Crippen LogP contribution in [0.25, 0.3) is 0 Å². The molecule has 0 bridgehead atoms. The average molecular weight is 205 g/mol. The molecule has 1 aromatic carbocycles. The normalized spacial score (nSPS) is 12.6. The fourth-order valence-electron chi connectivity index (χ4n) is 0.805. The van der Waals surface area contributed by atoms with E-state index in [2.05, 4.69) is 0 Å². The van der Waals surface area contributed by atoms with Crippen LogP contribution in [0.3, 0.4) is 0 Å². The van der Waals surface area contributed by atoms with Crippen molar-refractivity contribution in [3.8, 4) is 5.75 Å². The molecule has 4 heteroatoms. The summed E-state index contributed by atoms with van der Waals surface area (Å²) >= 11 is 4.51. The Morgan fingerprint density at radius 2 is 2.17 bits per heavy atom. The Hall–Kier alpha value is -0.540. The van der Waals surface area contributed by atoms with Gasteiger partial charge in [0, 0.05) is 11.3 Å². The Kier molecular flexibility index (Phi) is 3.12. The fraction of sp³-hybridized carbons (Fsp3) is 0.250. The van der Waals surface area contributed by atoms with Crippen LogP contribution in [0.1, 0.15) is 5.56 Å². The van der Waals surface area contributed by atoms with Gasteiger partial charge in [-0.15, -0.1) is 0 Å². The summed E-state index contributed by atoms with van der Waals surface area (Å²) in [4.78, 5) is 0. The van der Waals surface area contributed by atoms with E-state index >= 15 is 0 Å². The first kappa shape index (κ1) is 9.55. The zero-order valence-corrected chi connectivity index (χ0v) is 8.41. The van der Waals surface area contributed by atoms with Crippen molar-refractivity contribution in [1.29, 1.82) is 0 Å². The summed E-state index contributed by atoms with van der Waals surface area (Å²) in [5.74, 6) is 0.581. The van der Waals surface area contributed by atoms with Crippen molar-refractivity contribution in [2.75, 3.05) is 6.26 Å². The van der Waals surface area contributed by atoms with E-state index in [9.17, 15) is 4.21 Å². The first-order valence-corrected chi connectivity index (χ1v) is 5.23. The summed E-state index contributed by atoms with van der Waals surface area (Å²) in [6.07, 6.45) is 1.48. The van der Waals surface area contributed by atoms with Crippen LogP contribution in [0.2, 0.25) is 5.02 Å².